The van der Waals surface area contributed by atoms with Crippen LogP contribution < -0.4 is 9.80 Å². The van der Waals surface area contributed by atoms with E-state index in [0.29, 0.717) is 31.7 Å². The second kappa shape index (κ2) is 7.52. The molecule has 0 bridgehead atoms. The number of carbonyl (C=O) groups excluding carboxylic acids is 2. The van der Waals surface area contributed by atoms with E-state index in [4.69, 9.17) is 0 Å². The molecule has 152 valence electrons. The van der Waals surface area contributed by atoms with Crippen LogP contribution in [0.1, 0.15) is 16.8 Å². The molecular weight excluding hydrogens is 364 g/mol. The predicted molar refractivity (Wildman–Crippen MR) is 115 cm³/mol. The van der Waals surface area contributed by atoms with Crippen molar-refractivity contribution < 1.29 is 9.59 Å². The van der Waals surface area contributed by atoms with Gasteiger partial charge in [-0.2, -0.15) is 0 Å². The molecule has 6 heteroatoms. The number of piperazine rings is 1. The van der Waals surface area contributed by atoms with Crippen LogP contribution in [-0.2, 0) is 4.79 Å². The van der Waals surface area contributed by atoms with Crippen molar-refractivity contribution in [2.75, 3.05) is 57.1 Å². The van der Waals surface area contributed by atoms with E-state index in [9.17, 15) is 9.59 Å². The van der Waals surface area contributed by atoms with E-state index in [1.54, 1.807) is 0 Å². The van der Waals surface area contributed by atoms with E-state index < -0.39 is 0 Å². The van der Waals surface area contributed by atoms with Crippen LogP contribution in [0.3, 0.4) is 0 Å². The van der Waals surface area contributed by atoms with Gasteiger partial charge in [0, 0.05) is 50.7 Å². The Morgan fingerprint density at radius 2 is 1.69 bits per heavy atom. The molecule has 4 rings (SSSR count). The van der Waals surface area contributed by atoms with Crippen molar-refractivity contribution >= 4 is 23.2 Å². The Labute approximate surface area is 172 Å². The van der Waals surface area contributed by atoms with Crippen molar-refractivity contribution in [2.24, 2.45) is 0 Å². The lowest BCUT2D eigenvalue weighted by Gasteiger charge is -2.46. The van der Waals surface area contributed by atoms with Gasteiger partial charge in [-0.05, 0) is 49.9 Å². The number of hydrogen-bond donors (Lipinski definition) is 0. The Bertz CT molecular complexity index is 897. The average Bonchev–Trinajstić information content (AvgIpc) is 3.16. The second-order valence-corrected chi connectivity index (χ2v) is 8.31. The number of carbonyl (C=O) groups is 2. The molecule has 2 heterocycles. The Morgan fingerprint density at radius 3 is 2.34 bits per heavy atom. The largest absolute Gasteiger partial charge is 0.378 e. The molecule has 2 amide bonds. The number of likely N-dealkylation sites (tertiary alicyclic amines) is 1. The number of benzene rings is 2. The Hall–Kier alpha value is -2.86. The zero-order valence-electron chi connectivity index (χ0n) is 17.3. The van der Waals surface area contributed by atoms with E-state index in [2.05, 4.69) is 4.90 Å². The number of nitrogens with zero attached hydrogens (tertiary/aromatic N) is 4. The molecule has 6 nitrogen and oxygen atoms in total. The standard InChI is InChI=1S/C23H28N4O2/c1-24(2)19-11-9-18(10-12-19)22(29)26-14-13-23(16-26)17-27(21(28)15-25(23)3)20-7-5-4-6-8-20/h4-12H,13-17H2,1-3H3. The van der Waals surface area contributed by atoms with E-state index in [1.807, 2.05) is 90.4 Å². The summed E-state index contributed by atoms with van der Waals surface area (Å²) in [6.07, 6.45) is 0.863. The highest BCUT2D eigenvalue weighted by molar-refractivity contribution is 5.97. The minimum Gasteiger partial charge on any atom is -0.378 e. The molecule has 1 atom stereocenters. The first-order chi connectivity index (χ1) is 13.9. The molecule has 0 aromatic heterocycles. The molecule has 0 N–H and O–H groups in total. The lowest BCUT2D eigenvalue weighted by Crippen LogP contribution is -2.64. The maximum Gasteiger partial charge on any atom is 0.253 e. The number of likely N-dealkylation sites (N-methyl/N-ethyl adjacent to an activating group) is 1. The number of rotatable bonds is 3. The van der Waals surface area contributed by atoms with Crippen molar-refractivity contribution in [2.45, 2.75) is 12.0 Å². The van der Waals surface area contributed by atoms with Gasteiger partial charge >= 0.3 is 0 Å². The maximum absolute atomic E-state index is 13.1. The van der Waals surface area contributed by atoms with Gasteiger partial charge in [-0.1, -0.05) is 18.2 Å². The van der Waals surface area contributed by atoms with E-state index in [1.165, 1.54) is 0 Å². The molecule has 2 aromatic rings. The van der Waals surface area contributed by atoms with Crippen LogP contribution in [0, 0.1) is 0 Å². The van der Waals surface area contributed by atoms with Gasteiger partial charge < -0.3 is 14.7 Å². The smallest absolute Gasteiger partial charge is 0.253 e. The van der Waals surface area contributed by atoms with E-state index in [0.717, 1.165) is 17.8 Å². The Kier molecular flexibility index (Phi) is 5.04. The summed E-state index contributed by atoms with van der Waals surface area (Å²) in [7, 11) is 5.97. The summed E-state index contributed by atoms with van der Waals surface area (Å²) in [5, 5.41) is 0. The molecule has 0 aliphatic carbocycles. The van der Waals surface area contributed by atoms with Crippen LogP contribution in [0.2, 0.25) is 0 Å². The molecule has 1 spiro atoms. The van der Waals surface area contributed by atoms with Crippen LogP contribution in [0.4, 0.5) is 11.4 Å². The van der Waals surface area contributed by atoms with Crippen LogP contribution in [-0.4, -0.2) is 74.5 Å². The summed E-state index contributed by atoms with van der Waals surface area (Å²) < 4.78 is 0. The topological polar surface area (TPSA) is 47.1 Å². The first kappa shape index (κ1) is 19.5. The highest BCUT2D eigenvalue weighted by Gasteiger charge is 2.48. The quantitative estimate of drug-likeness (QED) is 0.804. The SMILES string of the molecule is CN(C)c1ccc(C(=O)N2CCC3(C2)CN(c2ccccc2)C(=O)CN3C)cc1. The van der Waals surface area contributed by atoms with Crippen LogP contribution >= 0.6 is 0 Å². The lowest BCUT2D eigenvalue weighted by molar-refractivity contribution is -0.123. The van der Waals surface area contributed by atoms with E-state index in [-0.39, 0.29) is 17.4 Å². The molecule has 0 radical (unpaired) electrons. The molecule has 1 unspecified atom stereocenters. The van der Waals surface area contributed by atoms with Gasteiger partial charge in [0.15, 0.2) is 0 Å². The predicted octanol–water partition coefficient (Wildman–Crippen LogP) is 2.32. The third kappa shape index (κ3) is 3.60. The van der Waals surface area contributed by atoms with Gasteiger partial charge in [0.1, 0.15) is 0 Å². The maximum atomic E-state index is 13.1. The van der Waals surface area contributed by atoms with E-state index >= 15 is 0 Å². The monoisotopic (exact) mass is 392 g/mol. The molecule has 2 aliphatic heterocycles. The summed E-state index contributed by atoms with van der Waals surface area (Å²) in [4.78, 5) is 33.7. The summed E-state index contributed by atoms with van der Waals surface area (Å²) in [6.45, 7) is 2.31. The molecule has 0 saturated carbocycles. The van der Waals surface area contributed by atoms with Crippen molar-refractivity contribution in [3.05, 3.63) is 60.2 Å². The Balaban J connectivity index is 1.52. The van der Waals surface area contributed by atoms with Gasteiger partial charge in [-0.25, -0.2) is 0 Å². The molecule has 2 saturated heterocycles. The Morgan fingerprint density at radius 1 is 1.00 bits per heavy atom. The van der Waals surface area contributed by atoms with Crippen LogP contribution in [0.25, 0.3) is 0 Å². The fourth-order valence-corrected chi connectivity index (χ4v) is 4.36. The molecular formula is C23H28N4O2. The van der Waals surface area contributed by atoms with Crippen LogP contribution in [0.5, 0.6) is 0 Å². The summed E-state index contributed by atoms with van der Waals surface area (Å²) in [5.74, 6) is 0.164. The van der Waals surface area contributed by atoms with Crippen molar-refractivity contribution in [3.63, 3.8) is 0 Å². The zero-order valence-corrected chi connectivity index (χ0v) is 17.3. The van der Waals surface area contributed by atoms with Crippen LogP contribution in [0.15, 0.2) is 54.6 Å². The van der Waals surface area contributed by atoms with Crippen molar-refractivity contribution in [1.82, 2.24) is 9.80 Å². The van der Waals surface area contributed by atoms with Crippen molar-refractivity contribution in [3.8, 4) is 0 Å². The molecule has 2 aromatic carbocycles. The molecule has 2 fully saturated rings. The number of hydrogen-bond acceptors (Lipinski definition) is 4. The number of para-hydroxylation sites is 1. The van der Waals surface area contributed by atoms with Gasteiger partial charge in [0.05, 0.1) is 12.1 Å². The lowest BCUT2D eigenvalue weighted by atomic mass is 9.92. The fraction of sp³-hybridized carbons (Fsp3) is 0.391. The summed E-state index contributed by atoms with van der Waals surface area (Å²) in [5.41, 5.74) is 2.50. The average molecular weight is 393 g/mol. The van der Waals surface area contributed by atoms with Crippen molar-refractivity contribution in [1.29, 1.82) is 0 Å². The zero-order chi connectivity index (χ0) is 20.6. The van der Waals surface area contributed by atoms with Gasteiger partial charge in [-0.3, -0.25) is 14.5 Å². The minimum atomic E-state index is -0.205. The minimum absolute atomic E-state index is 0.0590. The summed E-state index contributed by atoms with van der Waals surface area (Å²) in [6, 6.07) is 17.5. The molecule has 29 heavy (non-hydrogen) atoms. The van der Waals surface area contributed by atoms with Gasteiger partial charge in [0.2, 0.25) is 5.91 Å². The number of amides is 2. The second-order valence-electron chi connectivity index (χ2n) is 8.31. The first-order valence-electron chi connectivity index (χ1n) is 10.0. The molecule has 2 aliphatic rings. The van der Waals surface area contributed by atoms with Gasteiger partial charge in [0.25, 0.3) is 5.91 Å². The third-order valence-corrected chi connectivity index (χ3v) is 6.25. The fourth-order valence-electron chi connectivity index (χ4n) is 4.36. The third-order valence-electron chi connectivity index (χ3n) is 6.25. The first-order valence-corrected chi connectivity index (χ1v) is 10.0. The highest BCUT2D eigenvalue weighted by atomic mass is 16.2. The summed E-state index contributed by atoms with van der Waals surface area (Å²) >= 11 is 0. The van der Waals surface area contributed by atoms with Gasteiger partial charge in [-0.15, -0.1) is 0 Å². The highest BCUT2D eigenvalue weighted by Crippen LogP contribution is 2.34. The normalized spacial score (nSPS) is 22.4. The number of anilines is 2.